The monoisotopic (exact) mass is 252 g/mol. The fourth-order valence-electron chi connectivity index (χ4n) is 2.15. The molecule has 1 saturated heterocycles. The molecule has 0 unspecified atom stereocenters. The predicted molar refractivity (Wildman–Crippen MR) is 61.9 cm³/mol. The summed E-state index contributed by atoms with van der Waals surface area (Å²) in [4.78, 5) is 25.2. The van der Waals surface area contributed by atoms with Crippen LogP contribution in [0.25, 0.3) is 0 Å². The second kappa shape index (κ2) is 5.20. The SMILES string of the molecule is COC(=O)[C@H]1CCCN(C(=O)c2cc(C)on2)C1. The Morgan fingerprint density at radius 3 is 2.94 bits per heavy atom. The summed E-state index contributed by atoms with van der Waals surface area (Å²) in [6, 6.07) is 1.60. The molecule has 1 aromatic heterocycles. The van der Waals surface area contributed by atoms with Crippen molar-refractivity contribution in [2.45, 2.75) is 19.8 Å². The number of hydrogen-bond acceptors (Lipinski definition) is 5. The van der Waals surface area contributed by atoms with Crippen LogP contribution in [0.5, 0.6) is 0 Å². The van der Waals surface area contributed by atoms with Crippen molar-refractivity contribution in [1.29, 1.82) is 0 Å². The van der Waals surface area contributed by atoms with Gasteiger partial charge in [-0.05, 0) is 19.8 Å². The largest absolute Gasteiger partial charge is 0.469 e. The number of carbonyl (C=O) groups excluding carboxylic acids is 2. The summed E-state index contributed by atoms with van der Waals surface area (Å²) >= 11 is 0. The maximum absolute atomic E-state index is 12.1. The van der Waals surface area contributed by atoms with Crippen molar-refractivity contribution in [2.75, 3.05) is 20.2 Å². The normalized spacial score (nSPS) is 19.7. The molecule has 1 aliphatic heterocycles. The van der Waals surface area contributed by atoms with E-state index in [1.165, 1.54) is 7.11 Å². The van der Waals surface area contributed by atoms with Gasteiger partial charge < -0.3 is 14.2 Å². The number of likely N-dealkylation sites (tertiary alicyclic amines) is 1. The van der Waals surface area contributed by atoms with Gasteiger partial charge in [0.15, 0.2) is 5.69 Å². The van der Waals surface area contributed by atoms with Gasteiger partial charge in [0.05, 0.1) is 13.0 Å². The standard InChI is InChI=1S/C12H16N2O4/c1-8-6-10(13-18-8)11(15)14-5-3-4-9(7-14)12(16)17-2/h6,9H,3-5,7H2,1-2H3/t9-/m0/s1. The highest BCUT2D eigenvalue weighted by Gasteiger charge is 2.30. The highest BCUT2D eigenvalue weighted by molar-refractivity contribution is 5.92. The first kappa shape index (κ1) is 12.6. The number of aromatic nitrogens is 1. The van der Waals surface area contributed by atoms with E-state index in [0.29, 0.717) is 18.8 Å². The lowest BCUT2D eigenvalue weighted by molar-refractivity contribution is -0.146. The molecule has 0 bridgehead atoms. The van der Waals surface area contributed by atoms with E-state index >= 15 is 0 Å². The molecule has 6 nitrogen and oxygen atoms in total. The Morgan fingerprint density at radius 1 is 1.56 bits per heavy atom. The van der Waals surface area contributed by atoms with Crippen LogP contribution in [0.4, 0.5) is 0 Å². The molecule has 1 fully saturated rings. The third kappa shape index (κ3) is 2.52. The van der Waals surface area contributed by atoms with Crippen LogP contribution in [0.2, 0.25) is 0 Å². The molecule has 1 aromatic rings. The minimum atomic E-state index is -0.260. The first-order valence-corrected chi connectivity index (χ1v) is 5.92. The van der Waals surface area contributed by atoms with Crippen LogP contribution < -0.4 is 0 Å². The summed E-state index contributed by atoms with van der Waals surface area (Å²) in [5.41, 5.74) is 0.290. The van der Waals surface area contributed by atoms with Gasteiger partial charge in [-0.25, -0.2) is 0 Å². The van der Waals surface area contributed by atoms with E-state index in [4.69, 9.17) is 9.26 Å². The Hall–Kier alpha value is -1.85. The molecule has 0 N–H and O–H groups in total. The zero-order chi connectivity index (χ0) is 13.1. The molecule has 1 amide bonds. The van der Waals surface area contributed by atoms with Crippen molar-refractivity contribution in [2.24, 2.45) is 5.92 Å². The van der Waals surface area contributed by atoms with Gasteiger partial charge in [-0.3, -0.25) is 9.59 Å². The fraction of sp³-hybridized carbons (Fsp3) is 0.583. The lowest BCUT2D eigenvalue weighted by Gasteiger charge is -2.30. The Morgan fingerprint density at radius 2 is 2.33 bits per heavy atom. The van der Waals surface area contributed by atoms with E-state index in [9.17, 15) is 9.59 Å². The number of hydrogen-bond donors (Lipinski definition) is 0. The second-order valence-electron chi connectivity index (χ2n) is 4.44. The summed E-state index contributed by atoms with van der Waals surface area (Å²) in [6.07, 6.45) is 1.55. The predicted octanol–water partition coefficient (Wildman–Crippen LogP) is 1.01. The molecule has 6 heteroatoms. The van der Waals surface area contributed by atoms with Gasteiger partial charge >= 0.3 is 5.97 Å². The van der Waals surface area contributed by atoms with Crippen molar-refractivity contribution in [3.63, 3.8) is 0 Å². The molecule has 1 aliphatic rings. The molecule has 0 saturated carbocycles. The molecule has 0 aliphatic carbocycles. The average Bonchev–Trinajstić information content (AvgIpc) is 2.83. The van der Waals surface area contributed by atoms with Gasteiger partial charge in [0.2, 0.25) is 0 Å². The molecular formula is C12H16N2O4. The number of amides is 1. The zero-order valence-electron chi connectivity index (χ0n) is 10.5. The van der Waals surface area contributed by atoms with Crippen molar-refractivity contribution in [3.05, 3.63) is 17.5 Å². The summed E-state index contributed by atoms with van der Waals surface area (Å²) < 4.78 is 9.60. The van der Waals surface area contributed by atoms with Gasteiger partial charge in [-0.1, -0.05) is 5.16 Å². The minimum Gasteiger partial charge on any atom is -0.469 e. The first-order chi connectivity index (χ1) is 8.61. The van der Waals surface area contributed by atoms with Crippen LogP contribution in [-0.4, -0.2) is 42.1 Å². The Kier molecular flexibility index (Phi) is 3.64. The van der Waals surface area contributed by atoms with E-state index in [2.05, 4.69) is 5.16 Å². The number of methoxy groups -OCH3 is 1. The first-order valence-electron chi connectivity index (χ1n) is 5.92. The van der Waals surface area contributed by atoms with Crippen molar-refractivity contribution in [1.82, 2.24) is 10.1 Å². The lowest BCUT2D eigenvalue weighted by Crippen LogP contribution is -2.42. The quantitative estimate of drug-likeness (QED) is 0.734. The molecule has 18 heavy (non-hydrogen) atoms. The topological polar surface area (TPSA) is 72.6 Å². The summed E-state index contributed by atoms with van der Waals surface area (Å²) in [7, 11) is 1.37. The maximum Gasteiger partial charge on any atom is 0.310 e. The number of nitrogens with zero attached hydrogens (tertiary/aromatic N) is 2. The molecule has 0 radical (unpaired) electrons. The third-order valence-electron chi connectivity index (χ3n) is 3.09. The van der Waals surface area contributed by atoms with Crippen LogP contribution in [0.15, 0.2) is 10.6 Å². The molecule has 2 heterocycles. The highest BCUT2D eigenvalue weighted by atomic mass is 16.5. The summed E-state index contributed by atoms with van der Waals surface area (Å²) in [5.74, 6) is -0.0927. The van der Waals surface area contributed by atoms with Gasteiger partial charge in [-0.2, -0.15) is 0 Å². The number of piperidine rings is 1. The molecule has 2 rings (SSSR count). The van der Waals surface area contributed by atoms with Crippen LogP contribution >= 0.6 is 0 Å². The van der Waals surface area contributed by atoms with Crippen molar-refractivity contribution in [3.8, 4) is 0 Å². The van der Waals surface area contributed by atoms with Crippen LogP contribution in [0.3, 0.4) is 0 Å². The zero-order valence-corrected chi connectivity index (χ0v) is 10.5. The Bertz CT molecular complexity index is 455. The van der Waals surface area contributed by atoms with Crippen molar-refractivity contribution >= 4 is 11.9 Å². The molecule has 1 atom stereocenters. The van der Waals surface area contributed by atoms with E-state index in [1.54, 1.807) is 17.9 Å². The van der Waals surface area contributed by atoms with Crippen molar-refractivity contribution < 1.29 is 18.8 Å². The second-order valence-corrected chi connectivity index (χ2v) is 4.44. The Labute approximate surface area is 105 Å². The van der Waals surface area contributed by atoms with E-state index in [0.717, 1.165) is 12.8 Å². The number of esters is 1. The van der Waals surface area contributed by atoms with Gasteiger partial charge in [0.1, 0.15) is 5.76 Å². The highest BCUT2D eigenvalue weighted by Crippen LogP contribution is 2.19. The maximum atomic E-state index is 12.1. The third-order valence-corrected chi connectivity index (χ3v) is 3.09. The van der Waals surface area contributed by atoms with E-state index in [1.807, 2.05) is 0 Å². The van der Waals surface area contributed by atoms with Gasteiger partial charge in [0.25, 0.3) is 5.91 Å². The minimum absolute atomic E-state index is 0.194. The fourth-order valence-corrected chi connectivity index (χ4v) is 2.15. The number of ether oxygens (including phenoxy) is 1. The number of carbonyl (C=O) groups is 2. The molecule has 0 spiro atoms. The van der Waals surface area contributed by atoms with Crippen LogP contribution in [0, 0.1) is 12.8 Å². The summed E-state index contributed by atoms with van der Waals surface area (Å²) in [5, 5.41) is 3.70. The van der Waals surface area contributed by atoms with Crippen LogP contribution in [-0.2, 0) is 9.53 Å². The van der Waals surface area contributed by atoms with E-state index < -0.39 is 0 Å². The summed E-state index contributed by atoms with van der Waals surface area (Å²) in [6.45, 7) is 2.76. The number of rotatable bonds is 2. The van der Waals surface area contributed by atoms with Gasteiger partial charge in [-0.15, -0.1) is 0 Å². The molecule has 0 aromatic carbocycles. The molecule has 98 valence electrons. The smallest absolute Gasteiger partial charge is 0.310 e. The Balaban J connectivity index is 2.05. The van der Waals surface area contributed by atoms with Gasteiger partial charge in [0, 0.05) is 19.2 Å². The lowest BCUT2D eigenvalue weighted by atomic mass is 9.98. The van der Waals surface area contributed by atoms with E-state index in [-0.39, 0.29) is 23.5 Å². The molecular weight excluding hydrogens is 236 g/mol. The van der Waals surface area contributed by atoms with Crippen LogP contribution in [0.1, 0.15) is 29.1 Å². The number of aryl methyl sites for hydroxylation is 1. The average molecular weight is 252 g/mol.